The van der Waals surface area contributed by atoms with Gasteiger partial charge in [0.15, 0.2) is 0 Å². The molecule has 1 aromatic carbocycles. The first-order valence-corrected chi connectivity index (χ1v) is 9.94. The van der Waals surface area contributed by atoms with Gasteiger partial charge in [-0.2, -0.15) is 0 Å². The van der Waals surface area contributed by atoms with Crippen molar-refractivity contribution in [1.82, 2.24) is 9.80 Å². The molecule has 2 heterocycles. The molecular weight excluding hydrogens is 336 g/mol. The van der Waals surface area contributed by atoms with E-state index in [0.717, 1.165) is 69.7 Å². The lowest BCUT2D eigenvalue weighted by molar-refractivity contribution is -0.133. The normalized spacial score (nSPS) is 20.8. The lowest BCUT2D eigenvalue weighted by atomic mass is 9.98. The van der Waals surface area contributed by atoms with Crippen molar-refractivity contribution in [3.8, 4) is 0 Å². The molecule has 5 heteroatoms. The average Bonchev–Trinajstić information content (AvgIpc) is 2.64. The van der Waals surface area contributed by atoms with Crippen LogP contribution in [-0.4, -0.2) is 59.1 Å². The number of aliphatic hydroxyl groups is 1. The third-order valence-corrected chi connectivity index (χ3v) is 5.85. The Morgan fingerprint density at radius 3 is 2.32 bits per heavy atom. The Kier molecular flexibility index (Phi) is 6.74. The largest absolute Gasteiger partial charge is 0.393 e. The number of hydrogen-bond donors (Lipinski definition) is 1. The van der Waals surface area contributed by atoms with Crippen LogP contribution in [-0.2, 0) is 11.2 Å². The maximum atomic E-state index is 12.4. The maximum absolute atomic E-state index is 12.4. The predicted molar refractivity (Wildman–Crippen MR) is 101 cm³/mol. The van der Waals surface area contributed by atoms with Crippen LogP contribution in [0.5, 0.6) is 0 Å². The SMILES string of the molecule is O=C(CCCc1ccc(Cl)cc1)N1CCC(N2CCC(O)CC2)CC1. The molecule has 2 aliphatic heterocycles. The number of halogens is 1. The van der Waals surface area contributed by atoms with E-state index in [-0.39, 0.29) is 6.10 Å². The smallest absolute Gasteiger partial charge is 0.222 e. The zero-order valence-corrected chi connectivity index (χ0v) is 15.6. The Bertz CT molecular complexity index is 547. The molecule has 25 heavy (non-hydrogen) atoms. The fourth-order valence-corrected chi connectivity index (χ4v) is 4.11. The van der Waals surface area contributed by atoms with Gasteiger partial charge >= 0.3 is 0 Å². The number of amides is 1. The summed E-state index contributed by atoms with van der Waals surface area (Å²) in [6.45, 7) is 3.76. The summed E-state index contributed by atoms with van der Waals surface area (Å²) in [5.74, 6) is 0.293. The second-order valence-electron chi connectivity index (χ2n) is 7.36. The lowest BCUT2D eigenvalue weighted by Crippen LogP contribution is -2.49. The first kappa shape index (κ1) is 18.7. The highest BCUT2D eigenvalue weighted by Crippen LogP contribution is 2.22. The highest BCUT2D eigenvalue weighted by atomic mass is 35.5. The molecule has 2 fully saturated rings. The molecule has 2 saturated heterocycles. The van der Waals surface area contributed by atoms with Crippen molar-refractivity contribution in [2.45, 2.75) is 57.1 Å². The number of carbonyl (C=O) groups excluding carboxylic acids is 1. The zero-order chi connectivity index (χ0) is 17.6. The quantitative estimate of drug-likeness (QED) is 0.873. The molecule has 0 atom stereocenters. The van der Waals surface area contributed by atoms with E-state index in [2.05, 4.69) is 4.90 Å². The van der Waals surface area contributed by atoms with Gasteiger partial charge in [0, 0.05) is 43.7 Å². The van der Waals surface area contributed by atoms with Crippen LogP contribution in [0.3, 0.4) is 0 Å². The monoisotopic (exact) mass is 364 g/mol. The Labute approximate surface area is 155 Å². The highest BCUT2D eigenvalue weighted by Gasteiger charge is 2.28. The van der Waals surface area contributed by atoms with Crippen molar-refractivity contribution in [3.05, 3.63) is 34.9 Å². The summed E-state index contributed by atoms with van der Waals surface area (Å²) in [5, 5.41) is 10.4. The van der Waals surface area contributed by atoms with Crippen molar-refractivity contribution in [1.29, 1.82) is 0 Å². The van der Waals surface area contributed by atoms with Crippen LogP contribution in [0.15, 0.2) is 24.3 Å². The average molecular weight is 365 g/mol. The number of carbonyl (C=O) groups is 1. The van der Waals surface area contributed by atoms with Gasteiger partial charge < -0.3 is 14.9 Å². The van der Waals surface area contributed by atoms with E-state index in [4.69, 9.17) is 11.6 Å². The Morgan fingerprint density at radius 2 is 1.68 bits per heavy atom. The summed E-state index contributed by atoms with van der Waals surface area (Å²) in [6, 6.07) is 8.47. The van der Waals surface area contributed by atoms with Gasteiger partial charge in [-0.1, -0.05) is 23.7 Å². The van der Waals surface area contributed by atoms with Crippen LogP contribution in [0.2, 0.25) is 5.02 Å². The minimum atomic E-state index is -0.112. The Hall–Kier alpha value is -1.10. The van der Waals surface area contributed by atoms with E-state index < -0.39 is 0 Å². The Morgan fingerprint density at radius 1 is 1.04 bits per heavy atom. The predicted octanol–water partition coefficient (Wildman–Crippen LogP) is 3.11. The number of likely N-dealkylation sites (tertiary alicyclic amines) is 2. The number of aliphatic hydroxyl groups excluding tert-OH is 1. The number of aryl methyl sites for hydroxylation is 1. The summed E-state index contributed by atoms with van der Waals surface area (Å²) in [7, 11) is 0. The van der Waals surface area contributed by atoms with Crippen LogP contribution < -0.4 is 0 Å². The molecule has 1 amide bonds. The molecule has 1 aromatic rings. The molecule has 1 N–H and O–H groups in total. The van der Waals surface area contributed by atoms with Gasteiger partial charge in [-0.05, 0) is 56.2 Å². The molecule has 4 nitrogen and oxygen atoms in total. The van der Waals surface area contributed by atoms with Crippen LogP contribution in [0, 0.1) is 0 Å². The van der Waals surface area contributed by atoms with E-state index in [1.807, 2.05) is 29.2 Å². The molecule has 0 aromatic heterocycles. The van der Waals surface area contributed by atoms with Gasteiger partial charge in [0.2, 0.25) is 5.91 Å². The molecule has 0 radical (unpaired) electrons. The summed E-state index contributed by atoms with van der Waals surface area (Å²) in [5.41, 5.74) is 1.24. The first-order valence-electron chi connectivity index (χ1n) is 9.56. The van der Waals surface area contributed by atoms with Crippen molar-refractivity contribution in [2.75, 3.05) is 26.2 Å². The minimum absolute atomic E-state index is 0.112. The van der Waals surface area contributed by atoms with Crippen LogP contribution in [0.1, 0.15) is 44.1 Å². The van der Waals surface area contributed by atoms with E-state index in [1.165, 1.54) is 5.56 Å². The highest BCUT2D eigenvalue weighted by molar-refractivity contribution is 6.30. The summed E-state index contributed by atoms with van der Waals surface area (Å²) >= 11 is 5.90. The van der Waals surface area contributed by atoms with E-state index in [0.29, 0.717) is 18.4 Å². The summed E-state index contributed by atoms with van der Waals surface area (Å²) < 4.78 is 0. The molecule has 2 aliphatic rings. The molecule has 0 unspecified atom stereocenters. The molecule has 0 saturated carbocycles. The molecule has 138 valence electrons. The topological polar surface area (TPSA) is 43.8 Å². The number of rotatable bonds is 5. The van der Waals surface area contributed by atoms with Crippen molar-refractivity contribution >= 4 is 17.5 Å². The standard InChI is InChI=1S/C20H29ClN2O2/c21-17-6-4-16(5-7-17)2-1-3-20(25)23-12-8-18(9-13-23)22-14-10-19(24)11-15-22/h4-7,18-19,24H,1-3,8-15H2. The van der Waals surface area contributed by atoms with Crippen molar-refractivity contribution in [3.63, 3.8) is 0 Å². The zero-order valence-electron chi connectivity index (χ0n) is 14.9. The molecule has 3 rings (SSSR count). The van der Waals surface area contributed by atoms with Crippen molar-refractivity contribution in [2.24, 2.45) is 0 Å². The number of benzene rings is 1. The van der Waals surface area contributed by atoms with Gasteiger partial charge in [-0.25, -0.2) is 0 Å². The van der Waals surface area contributed by atoms with E-state index in [1.54, 1.807) is 0 Å². The lowest BCUT2D eigenvalue weighted by Gasteiger charge is -2.41. The summed E-state index contributed by atoms with van der Waals surface area (Å²) in [6.07, 6.45) is 6.26. The van der Waals surface area contributed by atoms with E-state index in [9.17, 15) is 9.90 Å². The van der Waals surface area contributed by atoms with E-state index >= 15 is 0 Å². The van der Waals surface area contributed by atoms with Crippen LogP contribution in [0.4, 0.5) is 0 Å². The fraction of sp³-hybridized carbons (Fsp3) is 0.650. The second kappa shape index (κ2) is 9.02. The minimum Gasteiger partial charge on any atom is -0.393 e. The molecule has 0 aliphatic carbocycles. The van der Waals surface area contributed by atoms with Crippen molar-refractivity contribution < 1.29 is 9.90 Å². The molecule has 0 bridgehead atoms. The van der Waals surface area contributed by atoms with Gasteiger partial charge in [0.25, 0.3) is 0 Å². The Balaban J connectivity index is 1.36. The molecule has 0 spiro atoms. The number of nitrogens with zero attached hydrogens (tertiary/aromatic N) is 2. The number of hydrogen-bond acceptors (Lipinski definition) is 3. The summed E-state index contributed by atoms with van der Waals surface area (Å²) in [4.78, 5) is 17.0. The molecular formula is C20H29ClN2O2. The van der Waals surface area contributed by atoms with Gasteiger partial charge in [0.05, 0.1) is 6.10 Å². The third kappa shape index (κ3) is 5.44. The van der Waals surface area contributed by atoms with Gasteiger partial charge in [-0.15, -0.1) is 0 Å². The fourth-order valence-electron chi connectivity index (χ4n) is 3.98. The first-order chi connectivity index (χ1) is 12.1. The van der Waals surface area contributed by atoms with Crippen LogP contribution >= 0.6 is 11.6 Å². The second-order valence-corrected chi connectivity index (χ2v) is 7.80. The van der Waals surface area contributed by atoms with Crippen LogP contribution in [0.25, 0.3) is 0 Å². The number of piperidine rings is 2. The van der Waals surface area contributed by atoms with Gasteiger partial charge in [-0.3, -0.25) is 4.79 Å². The maximum Gasteiger partial charge on any atom is 0.222 e. The third-order valence-electron chi connectivity index (χ3n) is 5.60. The van der Waals surface area contributed by atoms with Gasteiger partial charge in [0.1, 0.15) is 0 Å².